The molecule has 0 aliphatic carbocycles. The van der Waals surface area contributed by atoms with E-state index in [0.29, 0.717) is 18.7 Å². The molecule has 0 spiro atoms. The summed E-state index contributed by atoms with van der Waals surface area (Å²) in [6.07, 6.45) is 0. The van der Waals surface area contributed by atoms with Crippen LogP contribution in [0, 0.1) is 6.92 Å². The van der Waals surface area contributed by atoms with Crippen LogP contribution in [-0.2, 0) is 9.53 Å². The first-order valence-corrected chi connectivity index (χ1v) is 6.11. The van der Waals surface area contributed by atoms with E-state index >= 15 is 0 Å². The second-order valence-electron chi connectivity index (χ2n) is 5.16. The molecule has 1 aromatic rings. The third-order valence-electron chi connectivity index (χ3n) is 3.15. The third-order valence-corrected chi connectivity index (χ3v) is 3.15. The maximum atomic E-state index is 12.2. The number of likely N-dealkylation sites (tertiary alicyclic amines) is 1. The first kappa shape index (κ1) is 13.5. The minimum Gasteiger partial charge on any atom is -0.480 e. The highest BCUT2D eigenvalue weighted by atomic mass is 16.5. The number of carboxylic acids is 1. The summed E-state index contributed by atoms with van der Waals surface area (Å²) < 4.78 is 5.27. The Morgan fingerprint density at radius 2 is 2.11 bits per heavy atom. The van der Waals surface area contributed by atoms with Crippen LogP contribution in [0.5, 0.6) is 0 Å². The fourth-order valence-corrected chi connectivity index (χ4v) is 2.19. The third kappa shape index (κ3) is 3.12. The summed E-state index contributed by atoms with van der Waals surface area (Å²) in [5.74, 6) is -1.04. The van der Waals surface area contributed by atoms with Gasteiger partial charge in [0.1, 0.15) is 12.2 Å². The number of carbonyl (C=O) groups excluding carboxylic acids is 1. The van der Waals surface area contributed by atoms with Crippen molar-refractivity contribution in [2.24, 2.45) is 0 Å². The number of carbonyl (C=O) groups is 2. The highest BCUT2D eigenvalue weighted by Gasteiger charge is 2.42. The molecule has 19 heavy (non-hydrogen) atoms. The first-order chi connectivity index (χ1) is 8.89. The minimum atomic E-state index is -0.996. The van der Waals surface area contributed by atoms with Crippen molar-refractivity contribution in [2.75, 3.05) is 19.7 Å². The number of carboxylic acid groups (broad SMARTS) is 1. The molecular weight excluding hydrogens is 246 g/mol. The van der Waals surface area contributed by atoms with Crippen LogP contribution >= 0.6 is 0 Å². The number of aryl methyl sites for hydroxylation is 1. The summed E-state index contributed by atoms with van der Waals surface area (Å²) in [7, 11) is 0. The van der Waals surface area contributed by atoms with Crippen LogP contribution in [-0.4, -0.2) is 47.2 Å². The number of nitrogens with zero attached hydrogens (tertiary/aromatic N) is 1. The topological polar surface area (TPSA) is 66.8 Å². The van der Waals surface area contributed by atoms with Gasteiger partial charge in [0.15, 0.2) is 0 Å². The fourth-order valence-electron chi connectivity index (χ4n) is 2.19. The van der Waals surface area contributed by atoms with E-state index < -0.39 is 11.6 Å². The van der Waals surface area contributed by atoms with E-state index in [4.69, 9.17) is 9.84 Å². The smallest absolute Gasteiger partial charge is 0.329 e. The van der Waals surface area contributed by atoms with Gasteiger partial charge in [0.2, 0.25) is 0 Å². The maximum Gasteiger partial charge on any atom is 0.329 e. The fraction of sp³-hybridized carbons (Fsp3) is 0.429. The van der Waals surface area contributed by atoms with Crippen molar-refractivity contribution in [3.8, 4) is 0 Å². The van der Waals surface area contributed by atoms with Crippen molar-refractivity contribution in [3.63, 3.8) is 0 Å². The predicted molar refractivity (Wildman–Crippen MR) is 69.1 cm³/mol. The molecule has 5 nitrogen and oxygen atoms in total. The van der Waals surface area contributed by atoms with E-state index in [-0.39, 0.29) is 12.5 Å². The number of benzene rings is 1. The van der Waals surface area contributed by atoms with E-state index in [0.717, 1.165) is 5.56 Å². The molecule has 1 heterocycles. The summed E-state index contributed by atoms with van der Waals surface area (Å²) in [5.41, 5.74) is 1.15. The molecule has 1 saturated heterocycles. The van der Waals surface area contributed by atoms with Crippen LogP contribution in [0.25, 0.3) is 0 Å². The second kappa shape index (κ2) is 5.01. The van der Waals surface area contributed by atoms with Crippen molar-refractivity contribution in [1.29, 1.82) is 0 Å². The van der Waals surface area contributed by atoms with Crippen molar-refractivity contribution in [1.82, 2.24) is 4.90 Å². The molecule has 1 aliphatic rings. The van der Waals surface area contributed by atoms with Crippen molar-refractivity contribution in [2.45, 2.75) is 19.4 Å². The monoisotopic (exact) mass is 263 g/mol. The van der Waals surface area contributed by atoms with Gasteiger partial charge in [-0.2, -0.15) is 0 Å². The predicted octanol–water partition coefficient (Wildman–Crippen LogP) is 1.31. The number of amides is 1. The molecule has 1 fully saturated rings. The molecule has 102 valence electrons. The van der Waals surface area contributed by atoms with Crippen molar-refractivity contribution in [3.05, 3.63) is 35.4 Å². The van der Waals surface area contributed by atoms with Crippen LogP contribution in [0.2, 0.25) is 0 Å². The van der Waals surface area contributed by atoms with Crippen LogP contribution in [0.15, 0.2) is 24.3 Å². The number of rotatable bonds is 4. The van der Waals surface area contributed by atoms with Gasteiger partial charge in [-0.1, -0.05) is 17.7 Å². The summed E-state index contributed by atoms with van der Waals surface area (Å²) >= 11 is 0. The van der Waals surface area contributed by atoms with Crippen molar-refractivity contribution >= 4 is 11.9 Å². The molecule has 0 radical (unpaired) electrons. The van der Waals surface area contributed by atoms with Crippen LogP contribution in [0.4, 0.5) is 0 Å². The lowest BCUT2D eigenvalue weighted by atomic mass is 9.95. The lowest BCUT2D eigenvalue weighted by Gasteiger charge is -2.47. The molecule has 5 heteroatoms. The highest BCUT2D eigenvalue weighted by molar-refractivity contribution is 5.95. The first-order valence-electron chi connectivity index (χ1n) is 6.11. The van der Waals surface area contributed by atoms with Crippen LogP contribution < -0.4 is 0 Å². The highest BCUT2D eigenvalue weighted by Crippen LogP contribution is 2.26. The summed E-state index contributed by atoms with van der Waals surface area (Å²) in [5, 5.41) is 8.57. The summed E-state index contributed by atoms with van der Waals surface area (Å²) in [6, 6.07) is 7.41. The number of hydrogen-bond donors (Lipinski definition) is 1. The SMILES string of the molecule is Cc1cccc(C(=O)N2CC(C)(OCC(=O)O)C2)c1. The van der Waals surface area contributed by atoms with Gasteiger partial charge in [-0.05, 0) is 26.0 Å². The van der Waals surface area contributed by atoms with Gasteiger partial charge >= 0.3 is 5.97 Å². The Morgan fingerprint density at radius 1 is 1.42 bits per heavy atom. The Morgan fingerprint density at radius 3 is 2.68 bits per heavy atom. The zero-order chi connectivity index (χ0) is 14.0. The Kier molecular flexibility index (Phi) is 3.57. The molecule has 0 bridgehead atoms. The molecule has 1 amide bonds. The second-order valence-corrected chi connectivity index (χ2v) is 5.16. The molecule has 0 saturated carbocycles. The van der Waals surface area contributed by atoms with E-state index in [1.165, 1.54) is 0 Å². The summed E-state index contributed by atoms with van der Waals surface area (Å²) in [6.45, 7) is 4.27. The van der Waals surface area contributed by atoms with Gasteiger partial charge < -0.3 is 14.7 Å². The summed E-state index contributed by atoms with van der Waals surface area (Å²) in [4.78, 5) is 24.3. The molecular formula is C14H17NO4. The lowest BCUT2D eigenvalue weighted by molar-refractivity contribution is -0.159. The molecule has 0 aromatic heterocycles. The van der Waals surface area contributed by atoms with Gasteiger partial charge in [-0.15, -0.1) is 0 Å². The number of hydrogen-bond acceptors (Lipinski definition) is 3. The number of aliphatic carboxylic acids is 1. The maximum absolute atomic E-state index is 12.2. The molecule has 1 aliphatic heterocycles. The average Bonchev–Trinajstić information content (AvgIpc) is 2.32. The minimum absolute atomic E-state index is 0.0416. The molecule has 0 unspecified atom stereocenters. The van der Waals surface area contributed by atoms with Crippen molar-refractivity contribution < 1.29 is 19.4 Å². The quantitative estimate of drug-likeness (QED) is 0.889. The average molecular weight is 263 g/mol. The zero-order valence-electron chi connectivity index (χ0n) is 11.0. The Labute approximate surface area is 111 Å². The number of ether oxygens (including phenoxy) is 1. The standard InChI is InChI=1S/C14H17NO4/c1-10-4-3-5-11(6-10)13(18)15-8-14(2,9-15)19-7-12(16)17/h3-6H,7-9H2,1-2H3,(H,16,17). The zero-order valence-corrected chi connectivity index (χ0v) is 11.0. The molecule has 1 N–H and O–H groups in total. The van der Waals surface area contributed by atoms with E-state index in [2.05, 4.69) is 0 Å². The molecule has 2 rings (SSSR count). The largest absolute Gasteiger partial charge is 0.480 e. The Bertz CT molecular complexity index is 506. The van der Waals surface area contributed by atoms with Gasteiger partial charge in [-0.3, -0.25) is 4.79 Å². The van der Waals surface area contributed by atoms with Gasteiger partial charge in [-0.25, -0.2) is 4.79 Å². The van der Waals surface area contributed by atoms with E-state index in [9.17, 15) is 9.59 Å². The molecule has 1 aromatic carbocycles. The van der Waals surface area contributed by atoms with Gasteiger partial charge in [0.05, 0.1) is 13.1 Å². The Balaban J connectivity index is 1.93. The van der Waals surface area contributed by atoms with Crippen LogP contribution in [0.1, 0.15) is 22.8 Å². The van der Waals surface area contributed by atoms with Gasteiger partial charge in [0, 0.05) is 5.56 Å². The normalized spacial score (nSPS) is 16.8. The molecule has 0 atom stereocenters. The Hall–Kier alpha value is -1.88. The van der Waals surface area contributed by atoms with E-state index in [1.54, 1.807) is 11.0 Å². The van der Waals surface area contributed by atoms with Crippen LogP contribution in [0.3, 0.4) is 0 Å². The lowest BCUT2D eigenvalue weighted by Crippen LogP contribution is -2.63. The van der Waals surface area contributed by atoms with E-state index in [1.807, 2.05) is 32.0 Å². The van der Waals surface area contributed by atoms with Gasteiger partial charge in [0.25, 0.3) is 5.91 Å².